The topological polar surface area (TPSA) is 94.7 Å². The Bertz CT molecular complexity index is 1540. The van der Waals surface area contributed by atoms with E-state index < -0.39 is 0 Å². The molecule has 4 aromatic rings. The van der Waals surface area contributed by atoms with Crippen LogP contribution in [0.3, 0.4) is 0 Å². The molecule has 0 spiro atoms. The molecule has 6 rings (SSSR count). The first-order chi connectivity index (χ1) is 19.1. The fourth-order valence-corrected chi connectivity index (χ4v) is 5.15. The number of ether oxygens (including phenoxy) is 2. The Labute approximate surface area is 226 Å². The molecular weight excluding hydrogens is 492 g/mol. The average molecular weight is 521 g/mol. The van der Waals surface area contributed by atoms with Gasteiger partial charge in [-0.25, -0.2) is 5.01 Å². The molecule has 0 N–H and O–H groups in total. The number of nitrogens with zero attached hydrogens (tertiary/aromatic N) is 6. The van der Waals surface area contributed by atoms with Gasteiger partial charge in [-0.05, 0) is 66.1 Å². The quantitative estimate of drug-likeness (QED) is 0.327. The van der Waals surface area contributed by atoms with Crippen molar-refractivity contribution < 1.29 is 14.3 Å². The van der Waals surface area contributed by atoms with Gasteiger partial charge in [-0.2, -0.15) is 9.90 Å². The van der Waals surface area contributed by atoms with E-state index >= 15 is 0 Å². The van der Waals surface area contributed by atoms with Gasteiger partial charge in [-0.15, -0.1) is 10.2 Å². The van der Waals surface area contributed by atoms with E-state index in [-0.39, 0.29) is 17.7 Å². The third kappa shape index (κ3) is 4.79. The number of hydrogen-bond acceptors (Lipinski definition) is 7. The Morgan fingerprint density at radius 3 is 2.31 bits per heavy atom. The van der Waals surface area contributed by atoms with Gasteiger partial charge in [0.25, 0.3) is 5.91 Å². The molecule has 196 valence electrons. The lowest BCUT2D eigenvalue weighted by atomic mass is 9.76. The zero-order valence-corrected chi connectivity index (χ0v) is 21.8. The smallest absolute Gasteiger partial charge is 0.251 e. The summed E-state index contributed by atoms with van der Waals surface area (Å²) in [6.45, 7) is 0.541. The number of methoxy groups -OCH3 is 2. The second-order valence-electron chi connectivity index (χ2n) is 9.54. The maximum absolute atomic E-state index is 13.6. The molecule has 0 saturated heterocycles. The number of hydrazone groups is 1. The number of fused-ring (bicyclic) bond motifs is 1. The van der Waals surface area contributed by atoms with E-state index in [1.165, 1.54) is 5.01 Å². The van der Waals surface area contributed by atoms with Gasteiger partial charge >= 0.3 is 0 Å². The van der Waals surface area contributed by atoms with Crippen molar-refractivity contribution in [1.82, 2.24) is 20.2 Å². The fourth-order valence-electron chi connectivity index (χ4n) is 5.15. The van der Waals surface area contributed by atoms with Gasteiger partial charge in [0.1, 0.15) is 0 Å². The lowest BCUT2D eigenvalue weighted by Gasteiger charge is -2.37. The van der Waals surface area contributed by atoms with E-state index in [2.05, 4.69) is 27.6 Å². The predicted octanol–water partition coefficient (Wildman–Crippen LogP) is 4.74. The summed E-state index contributed by atoms with van der Waals surface area (Å²) in [6, 6.07) is 23.3. The van der Waals surface area contributed by atoms with Crippen LogP contribution in [0.5, 0.6) is 11.5 Å². The molecule has 2 heterocycles. The van der Waals surface area contributed by atoms with Crippen molar-refractivity contribution in [2.45, 2.75) is 19.4 Å². The van der Waals surface area contributed by atoms with Crippen LogP contribution < -0.4 is 14.5 Å². The van der Waals surface area contributed by atoms with Gasteiger partial charge in [-0.3, -0.25) is 4.79 Å². The zero-order chi connectivity index (χ0) is 26.8. The molecular formula is C30H28N6O3. The molecule has 0 radical (unpaired) electrons. The Morgan fingerprint density at radius 1 is 0.846 bits per heavy atom. The van der Waals surface area contributed by atoms with Crippen LogP contribution >= 0.6 is 0 Å². The summed E-state index contributed by atoms with van der Waals surface area (Å²) in [5, 5.41) is 19.4. The van der Waals surface area contributed by atoms with E-state index in [0.717, 1.165) is 28.8 Å². The van der Waals surface area contributed by atoms with Gasteiger partial charge in [0.2, 0.25) is 5.82 Å². The van der Waals surface area contributed by atoms with Crippen molar-refractivity contribution in [3.05, 3.63) is 96.1 Å². The van der Waals surface area contributed by atoms with Gasteiger partial charge < -0.3 is 9.47 Å². The van der Waals surface area contributed by atoms with Gasteiger partial charge in [0.15, 0.2) is 11.5 Å². The lowest BCUT2D eigenvalue weighted by molar-refractivity contribution is -0.123. The number of carbonyl (C=O) groups is 1. The minimum Gasteiger partial charge on any atom is -0.493 e. The van der Waals surface area contributed by atoms with Crippen LogP contribution in [0.2, 0.25) is 0 Å². The molecule has 3 aromatic carbocycles. The SMILES string of the molecule is COc1ccc(C2=NN(c3ccc(-c4nnn(Cc5ccccc5)n4)cc3)C(=O)[C@@H]3CC=CC[C@H]23)cc1OC. The van der Waals surface area contributed by atoms with Crippen molar-refractivity contribution in [2.75, 3.05) is 19.2 Å². The Balaban J connectivity index is 1.30. The fraction of sp³-hybridized carbons (Fsp3) is 0.233. The Morgan fingerprint density at radius 2 is 1.56 bits per heavy atom. The van der Waals surface area contributed by atoms with Crippen molar-refractivity contribution in [3.63, 3.8) is 0 Å². The Kier molecular flexibility index (Phi) is 6.62. The highest BCUT2D eigenvalue weighted by Crippen LogP contribution is 2.38. The second kappa shape index (κ2) is 10.5. The van der Waals surface area contributed by atoms with Crippen molar-refractivity contribution in [3.8, 4) is 22.9 Å². The number of allylic oxidation sites excluding steroid dienone is 2. The number of anilines is 1. The molecule has 9 heteroatoms. The number of tetrazole rings is 1. The first-order valence-electron chi connectivity index (χ1n) is 12.9. The highest BCUT2D eigenvalue weighted by atomic mass is 16.5. The highest BCUT2D eigenvalue weighted by Gasteiger charge is 2.40. The molecule has 2 aliphatic rings. The summed E-state index contributed by atoms with van der Waals surface area (Å²) in [7, 11) is 3.23. The standard InChI is InChI=1S/C30H28N6O3/c1-38-26-17-14-22(18-27(26)39-2)28-24-10-6-7-11-25(24)30(37)36(32-28)23-15-12-21(13-16-23)29-31-34-35(33-29)19-20-8-4-3-5-9-20/h3-9,12-18,24-25H,10-11,19H2,1-2H3/t24-,25+/m0/s1. The van der Waals surface area contributed by atoms with Crippen LogP contribution in [0.15, 0.2) is 90.0 Å². The summed E-state index contributed by atoms with van der Waals surface area (Å²) in [5.41, 5.74) is 4.36. The normalized spacial score (nSPS) is 18.5. The van der Waals surface area contributed by atoms with E-state index in [9.17, 15) is 4.79 Å². The molecule has 39 heavy (non-hydrogen) atoms. The average Bonchev–Trinajstić information content (AvgIpc) is 3.46. The third-order valence-electron chi connectivity index (χ3n) is 7.19. The number of carbonyl (C=O) groups excluding carboxylic acids is 1. The van der Waals surface area contributed by atoms with Crippen LogP contribution in [0.4, 0.5) is 5.69 Å². The zero-order valence-electron chi connectivity index (χ0n) is 21.8. The van der Waals surface area contributed by atoms with Crippen LogP contribution in [0.25, 0.3) is 11.4 Å². The molecule has 0 bridgehead atoms. The van der Waals surface area contributed by atoms with Crippen LogP contribution in [0, 0.1) is 11.8 Å². The van der Waals surface area contributed by atoms with E-state index in [1.807, 2.05) is 72.8 Å². The third-order valence-corrected chi connectivity index (χ3v) is 7.19. The lowest BCUT2D eigenvalue weighted by Crippen LogP contribution is -2.45. The number of rotatable bonds is 7. The summed E-state index contributed by atoms with van der Waals surface area (Å²) < 4.78 is 10.9. The highest BCUT2D eigenvalue weighted by molar-refractivity contribution is 6.11. The van der Waals surface area contributed by atoms with E-state index in [4.69, 9.17) is 14.6 Å². The predicted molar refractivity (Wildman–Crippen MR) is 148 cm³/mol. The molecule has 1 aliphatic carbocycles. The van der Waals surface area contributed by atoms with Crippen molar-refractivity contribution >= 4 is 17.3 Å². The van der Waals surface area contributed by atoms with Gasteiger partial charge in [0, 0.05) is 17.0 Å². The minimum absolute atomic E-state index is 0.0000206. The largest absolute Gasteiger partial charge is 0.493 e. The maximum Gasteiger partial charge on any atom is 0.251 e. The molecule has 0 saturated carbocycles. The summed E-state index contributed by atoms with van der Waals surface area (Å²) in [5.74, 6) is 1.61. The first-order valence-corrected chi connectivity index (χ1v) is 12.9. The molecule has 0 unspecified atom stereocenters. The Hall–Kier alpha value is -4.79. The molecule has 1 aromatic heterocycles. The number of amides is 1. The molecule has 2 atom stereocenters. The molecule has 0 fully saturated rings. The minimum atomic E-state index is -0.185. The van der Waals surface area contributed by atoms with Crippen LogP contribution in [-0.2, 0) is 11.3 Å². The molecule has 9 nitrogen and oxygen atoms in total. The second-order valence-corrected chi connectivity index (χ2v) is 9.54. The maximum atomic E-state index is 13.6. The molecule has 1 aliphatic heterocycles. The summed E-state index contributed by atoms with van der Waals surface area (Å²) >= 11 is 0. The van der Waals surface area contributed by atoms with E-state index in [0.29, 0.717) is 36.0 Å². The van der Waals surface area contributed by atoms with Crippen LogP contribution in [0.1, 0.15) is 24.0 Å². The summed E-state index contributed by atoms with van der Waals surface area (Å²) in [4.78, 5) is 15.2. The van der Waals surface area contributed by atoms with Crippen molar-refractivity contribution in [1.29, 1.82) is 0 Å². The number of aromatic nitrogens is 4. The van der Waals surface area contributed by atoms with Crippen LogP contribution in [-0.4, -0.2) is 46.0 Å². The van der Waals surface area contributed by atoms with E-state index in [1.54, 1.807) is 19.0 Å². The van der Waals surface area contributed by atoms with Gasteiger partial charge in [-0.1, -0.05) is 42.5 Å². The number of hydrogen-bond donors (Lipinski definition) is 0. The molecule has 1 amide bonds. The first kappa shape index (κ1) is 24.5. The monoisotopic (exact) mass is 520 g/mol. The van der Waals surface area contributed by atoms with Gasteiger partial charge in [0.05, 0.1) is 38.1 Å². The number of benzene rings is 3. The van der Waals surface area contributed by atoms with Crippen molar-refractivity contribution in [2.24, 2.45) is 16.9 Å². The summed E-state index contributed by atoms with van der Waals surface area (Å²) in [6.07, 6.45) is 5.66.